The fourth-order valence-electron chi connectivity index (χ4n) is 2.11. The molecule has 0 fully saturated rings. The molecule has 1 aromatic rings. The summed E-state index contributed by atoms with van der Waals surface area (Å²) in [6.45, 7) is 4.83. The van der Waals surface area contributed by atoms with E-state index in [1.807, 2.05) is 43.0 Å². The number of carbonyl (C=O) groups is 1. The van der Waals surface area contributed by atoms with Crippen LogP contribution in [0.5, 0.6) is 5.75 Å². The maximum absolute atomic E-state index is 12.2. The predicted octanol–water partition coefficient (Wildman–Crippen LogP) is 2.18. The molecule has 0 N–H and O–H groups in total. The van der Waals surface area contributed by atoms with Gasteiger partial charge in [0.2, 0.25) is 0 Å². The van der Waals surface area contributed by atoms with Crippen molar-refractivity contribution >= 4 is 15.8 Å². The minimum absolute atomic E-state index is 0.0292. The van der Waals surface area contributed by atoms with E-state index in [0.717, 1.165) is 11.3 Å². The number of amides is 1. The first-order chi connectivity index (χ1) is 10.7. The van der Waals surface area contributed by atoms with Crippen LogP contribution in [-0.4, -0.2) is 59.9 Å². The fourth-order valence-corrected chi connectivity index (χ4v) is 2.71. The first-order valence-corrected chi connectivity index (χ1v) is 9.39. The number of hydrogen-bond acceptors (Lipinski definition) is 4. The summed E-state index contributed by atoms with van der Waals surface area (Å²) in [7, 11) is 2.28. The maximum Gasteiger partial charge on any atom is 0.268 e. The van der Waals surface area contributed by atoms with Crippen molar-refractivity contribution in [2.75, 3.05) is 40.6 Å². The lowest BCUT2D eigenvalue weighted by Crippen LogP contribution is -2.33. The largest absolute Gasteiger partial charge is 0.497 e. The smallest absolute Gasteiger partial charge is 0.268 e. The fraction of sp³-hybridized carbons (Fsp3) is 0.562. The zero-order chi connectivity index (χ0) is 17.6. The Morgan fingerprint density at radius 2 is 2.04 bits per heavy atom. The predicted molar refractivity (Wildman–Crippen MR) is 93.8 cm³/mol. The average molecular weight is 341 g/mol. The molecule has 0 aliphatic carbocycles. The normalized spacial score (nSPS) is 15.3. The molecule has 1 rings (SSSR count). The van der Waals surface area contributed by atoms with Gasteiger partial charge in [0.1, 0.15) is 15.7 Å². The molecule has 2 atom stereocenters. The third-order valence-corrected chi connectivity index (χ3v) is 5.71. The number of nitrogens with zero attached hydrogens (tertiary/aromatic N) is 3. The van der Waals surface area contributed by atoms with Crippen molar-refractivity contribution in [1.29, 1.82) is 0 Å². The lowest BCUT2D eigenvalue weighted by atomic mass is 10.1. The van der Waals surface area contributed by atoms with Crippen LogP contribution in [0.4, 0.5) is 0 Å². The summed E-state index contributed by atoms with van der Waals surface area (Å²) < 4.78 is 22.8. The van der Waals surface area contributed by atoms with Crippen LogP contribution in [-0.2, 0) is 14.7 Å². The molecule has 0 bridgehead atoms. The van der Waals surface area contributed by atoms with Crippen molar-refractivity contribution in [3.8, 4) is 5.75 Å². The van der Waals surface area contributed by atoms with Crippen LogP contribution in [0.25, 0.3) is 0 Å². The van der Waals surface area contributed by atoms with Gasteiger partial charge in [-0.15, -0.1) is 4.36 Å². The van der Waals surface area contributed by atoms with Gasteiger partial charge < -0.3 is 4.74 Å². The van der Waals surface area contributed by atoms with Crippen molar-refractivity contribution in [2.24, 2.45) is 4.36 Å². The highest BCUT2D eigenvalue weighted by Gasteiger charge is 2.19. The molecule has 1 aromatic carbocycles. The molecule has 0 spiro atoms. The van der Waals surface area contributed by atoms with Gasteiger partial charge in [0.25, 0.3) is 5.91 Å². The highest BCUT2D eigenvalue weighted by molar-refractivity contribution is 7.90. The highest BCUT2D eigenvalue weighted by atomic mass is 32.2. The second-order valence-electron chi connectivity index (χ2n) is 5.58. The summed E-state index contributed by atoms with van der Waals surface area (Å²) in [6, 6.07) is 7.80. The Kier molecular flexibility index (Phi) is 7.18. The van der Waals surface area contributed by atoms with E-state index >= 15 is 0 Å². The zero-order valence-corrected chi connectivity index (χ0v) is 15.6. The van der Waals surface area contributed by atoms with Crippen LogP contribution < -0.4 is 4.74 Å². The van der Waals surface area contributed by atoms with Crippen LogP contribution in [0, 0.1) is 0 Å². The molecule has 0 aliphatic rings. The molecular weight excluding hydrogens is 314 g/mol. The Bertz CT molecular complexity index is 652. The van der Waals surface area contributed by atoms with Crippen molar-refractivity contribution < 1.29 is 13.7 Å². The molecule has 23 heavy (non-hydrogen) atoms. The Labute approximate surface area is 139 Å². The van der Waals surface area contributed by atoms with E-state index in [0.29, 0.717) is 6.54 Å². The molecule has 0 aliphatic heterocycles. The topological polar surface area (TPSA) is 62.2 Å². The number of likely N-dealkylation sites (N-methyl/N-ethyl adjacent to an activating group) is 1. The lowest BCUT2D eigenvalue weighted by Gasteiger charge is -2.27. The summed E-state index contributed by atoms with van der Waals surface area (Å²) >= 11 is 0. The summed E-state index contributed by atoms with van der Waals surface area (Å²) in [4.78, 5) is 14.1. The van der Waals surface area contributed by atoms with E-state index in [1.54, 1.807) is 21.2 Å². The Hall–Kier alpha value is -1.44. The van der Waals surface area contributed by atoms with Gasteiger partial charge in [-0.2, -0.15) is 0 Å². The summed E-state index contributed by atoms with van der Waals surface area (Å²) in [5.41, 5.74) is 1.06. The number of ether oxygens (including phenoxy) is 1. The molecule has 0 aromatic heterocycles. The first kappa shape index (κ1) is 19.6. The molecule has 6 nitrogen and oxygen atoms in total. The van der Waals surface area contributed by atoms with E-state index in [2.05, 4.69) is 4.36 Å². The van der Waals surface area contributed by atoms with Gasteiger partial charge in [0.05, 0.1) is 13.7 Å². The van der Waals surface area contributed by atoms with Gasteiger partial charge in [0.15, 0.2) is 0 Å². The van der Waals surface area contributed by atoms with Crippen molar-refractivity contribution in [3.63, 3.8) is 0 Å². The van der Waals surface area contributed by atoms with Crippen LogP contribution in [0.1, 0.15) is 25.5 Å². The number of hydrogen-bond donors (Lipinski definition) is 0. The third-order valence-electron chi connectivity index (χ3n) is 3.82. The second kappa shape index (κ2) is 8.42. The number of rotatable bonds is 7. The SMILES string of the molecule is CCN(CC(=O)N=S(C)(=O)N(C)C)C(C)c1cccc(OC)c1. The molecule has 0 saturated carbocycles. The summed E-state index contributed by atoms with van der Waals surface area (Å²) in [6.07, 6.45) is 1.46. The molecule has 0 saturated heterocycles. The molecule has 7 heteroatoms. The van der Waals surface area contributed by atoms with Crippen molar-refractivity contribution in [2.45, 2.75) is 19.9 Å². The van der Waals surface area contributed by atoms with Crippen molar-refractivity contribution in [1.82, 2.24) is 9.21 Å². The minimum Gasteiger partial charge on any atom is -0.497 e. The van der Waals surface area contributed by atoms with E-state index in [1.165, 1.54) is 10.6 Å². The number of carbonyl (C=O) groups excluding carboxylic acids is 1. The molecule has 0 radical (unpaired) electrons. The summed E-state index contributed by atoms with van der Waals surface area (Å²) in [5, 5.41) is 0. The first-order valence-electron chi connectivity index (χ1n) is 7.51. The Morgan fingerprint density at radius 1 is 1.39 bits per heavy atom. The van der Waals surface area contributed by atoms with Gasteiger partial charge in [0, 0.05) is 26.4 Å². The Morgan fingerprint density at radius 3 is 2.57 bits per heavy atom. The van der Waals surface area contributed by atoms with Crippen molar-refractivity contribution in [3.05, 3.63) is 29.8 Å². The molecular formula is C16H27N3O3S. The quantitative estimate of drug-likeness (QED) is 0.762. The summed E-state index contributed by atoms with van der Waals surface area (Å²) in [5.74, 6) is 0.411. The standard InChI is InChI=1S/C16H27N3O3S/c1-7-19(12-16(20)17-23(6,21)18(3)4)13(2)14-9-8-10-15(11-14)22-5/h8-11,13H,7,12H2,1-6H3. The van der Waals surface area contributed by atoms with Gasteiger partial charge in [-0.1, -0.05) is 19.1 Å². The highest BCUT2D eigenvalue weighted by Crippen LogP contribution is 2.23. The van der Waals surface area contributed by atoms with E-state index in [4.69, 9.17) is 4.74 Å². The Balaban J connectivity index is 2.92. The number of methoxy groups -OCH3 is 1. The minimum atomic E-state index is -2.64. The zero-order valence-electron chi connectivity index (χ0n) is 14.8. The average Bonchev–Trinajstić information content (AvgIpc) is 2.51. The third kappa shape index (κ3) is 5.60. The van der Waals surface area contributed by atoms with Crippen LogP contribution >= 0.6 is 0 Å². The van der Waals surface area contributed by atoms with Crippen LogP contribution in [0.3, 0.4) is 0 Å². The molecule has 2 unspecified atom stereocenters. The number of benzene rings is 1. The van der Waals surface area contributed by atoms with Gasteiger partial charge in [-0.25, -0.2) is 8.51 Å². The lowest BCUT2D eigenvalue weighted by molar-refractivity contribution is -0.119. The van der Waals surface area contributed by atoms with Crippen LogP contribution in [0.2, 0.25) is 0 Å². The van der Waals surface area contributed by atoms with Gasteiger partial charge in [-0.05, 0) is 31.2 Å². The monoisotopic (exact) mass is 341 g/mol. The molecule has 0 heterocycles. The van der Waals surface area contributed by atoms with E-state index in [-0.39, 0.29) is 18.5 Å². The second-order valence-corrected chi connectivity index (χ2v) is 8.01. The molecule has 1 amide bonds. The van der Waals surface area contributed by atoms with Crippen LogP contribution in [0.15, 0.2) is 28.6 Å². The van der Waals surface area contributed by atoms with E-state index < -0.39 is 9.92 Å². The maximum atomic E-state index is 12.2. The van der Waals surface area contributed by atoms with Gasteiger partial charge in [-0.3, -0.25) is 9.69 Å². The van der Waals surface area contributed by atoms with Gasteiger partial charge >= 0.3 is 0 Å². The molecule has 130 valence electrons. The van der Waals surface area contributed by atoms with E-state index in [9.17, 15) is 9.00 Å².